The molecule has 0 fully saturated rings. The third-order valence-corrected chi connectivity index (χ3v) is 3.43. The van der Waals surface area contributed by atoms with Crippen LogP contribution in [0.15, 0.2) is 10.6 Å². The van der Waals surface area contributed by atoms with Gasteiger partial charge in [-0.05, 0) is 19.8 Å². The molecule has 2 heterocycles. The lowest BCUT2D eigenvalue weighted by Crippen LogP contribution is -2.13. The van der Waals surface area contributed by atoms with E-state index in [4.69, 9.17) is 16.1 Å². The van der Waals surface area contributed by atoms with Crippen LogP contribution in [0.4, 0.5) is 0 Å². The molecule has 5 nitrogen and oxygen atoms in total. The summed E-state index contributed by atoms with van der Waals surface area (Å²) < 4.78 is 6.90. The SMILES string of the molecule is Cc1cc(CNCc2c(C)nn(CC(C)C)c2Cl)no1. The zero-order chi connectivity index (χ0) is 14.7. The molecule has 6 heteroatoms. The van der Waals surface area contributed by atoms with Crippen molar-refractivity contribution in [2.45, 2.75) is 47.3 Å². The second kappa shape index (κ2) is 6.41. The Labute approximate surface area is 124 Å². The van der Waals surface area contributed by atoms with Crippen molar-refractivity contribution in [1.29, 1.82) is 0 Å². The molecule has 0 radical (unpaired) electrons. The molecule has 0 aromatic carbocycles. The van der Waals surface area contributed by atoms with Gasteiger partial charge in [0.25, 0.3) is 0 Å². The molecule has 0 bridgehead atoms. The van der Waals surface area contributed by atoms with E-state index < -0.39 is 0 Å². The fourth-order valence-electron chi connectivity index (χ4n) is 2.07. The van der Waals surface area contributed by atoms with E-state index in [-0.39, 0.29) is 0 Å². The van der Waals surface area contributed by atoms with E-state index in [0.717, 1.165) is 34.4 Å². The maximum absolute atomic E-state index is 6.39. The van der Waals surface area contributed by atoms with E-state index in [1.807, 2.05) is 24.6 Å². The van der Waals surface area contributed by atoms with Gasteiger partial charge in [0.15, 0.2) is 0 Å². The summed E-state index contributed by atoms with van der Waals surface area (Å²) in [6, 6.07) is 1.92. The molecule has 0 aliphatic heterocycles. The minimum atomic E-state index is 0.519. The van der Waals surface area contributed by atoms with Crippen LogP contribution in [0.25, 0.3) is 0 Å². The van der Waals surface area contributed by atoms with Crippen LogP contribution in [0, 0.1) is 19.8 Å². The van der Waals surface area contributed by atoms with Crippen molar-refractivity contribution in [2.75, 3.05) is 0 Å². The quantitative estimate of drug-likeness (QED) is 0.890. The molecular formula is C14H21ClN4O. The van der Waals surface area contributed by atoms with Crippen molar-refractivity contribution in [2.24, 2.45) is 5.92 Å². The van der Waals surface area contributed by atoms with Gasteiger partial charge in [-0.3, -0.25) is 4.68 Å². The van der Waals surface area contributed by atoms with Crippen LogP contribution in [-0.2, 0) is 19.6 Å². The summed E-state index contributed by atoms with van der Waals surface area (Å²) >= 11 is 6.39. The van der Waals surface area contributed by atoms with Gasteiger partial charge >= 0.3 is 0 Å². The first-order valence-electron chi connectivity index (χ1n) is 6.82. The highest BCUT2D eigenvalue weighted by molar-refractivity contribution is 6.30. The standard InChI is InChI=1S/C14H21ClN4O/c1-9(2)8-19-14(15)13(11(4)17-19)7-16-6-12-5-10(3)20-18-12/h5,9,16H,6-8H2,1-4H3. The van der Waals surface area contributed by atoms with Gasteiger partial charge in [-0.15, -0.1) is 0 Å². The summed E-state index contributed by atoms with van der Waals surface area (Å²) in [5.74, 6) is 1.34. The summed E-state index contributed by atoms with van der Waals surface area (Å²) in [6.07, 6.45) is 0. The molecule has 0 saturated carbocycles. The highest BCUT2D eigenvalue weighted by Crippen LogP contribution is 2.20. The number of aromatic nitrogens is 3. The van der Waals surface area contributed by atoms with Crippen molar-refractivity contribution >= 4 is 11.6 Å². The molecule has 2 rings (SSSR count). The predicted molar refractivity (Wildman–Crippen MR) is 78.6 cm³/mol. The highest BCUT2D eigenvalue weighted by Gasteiger charge is 2.13. The maximum atomic E-state index is 6.39. The highest BCUT2D eigenvalue weighted by atomic mass is 35.5. The van der Waals surface area contributed by atoms with Crippen molar-refractivity contribution in [1.82, 2.24) is 20.3 Å². The number of nitrogens with one attached hydrogen (secondary N) is 1. The van der Waals surface area contributed by atoms with Crippen LogP contribution in [-0.4, -0.2) is 14.9 Å². The number of hydrogen-bond donors (Lipinski definition) is 1. The number of aryl methyl sites for hydroxylation is 2. The second-order valence-electron chi connectivity index (χ2n) is 5.46. The molecule has 0 atom stereocenters. The molecule has 2 aromatic heterocycles. The minimum Gasteiger partial charge on any atom is -0.361 e. The molecule has 0 saturated heterocycles. The summed E-state index contributed by atoms with van der Waals surface area (Å²) in [6.45, 7) is 10.3. The van der Waals surface area contributed by atoms with Crippen LogP contribution < -0.4 is 5.32 Å². The fraction of sp³-hybridized carbons (Fsp3) is 0.571. The molecule has 110 valence electrons. The Morgan fingerprint density at radius 2 is 2.10 bits per heavy atom. The monoisotopic (exact) mass is 296 g/mol. The Morgan fingerprint density at radius 1 is 1.35 bits per heavy atom. The Kier molecular flexibility index (Phi) is 4.83. The van der Waals surface area contributed by atoms with Gasteiger partial charge in [-0.25, -0.2) is 0 Å². The molecule has 20 heavy (non-hydrogen) atoms. The molecule has 0 unspecified atom stereocenters. The zero-order valence-corrected chi connectivity index (χ0v) is 13.2. The van der Waals surface area contributed by atoms with E-state index in [9.17, 15) is 0 Å². The van der Waals surface area contributed by atoms with Crippen LogP contribution in [0.2, 0.25) is 5.15 Å². The van der Waals surface area contributed by atoms with Crippen LogP contribution in [0.3, 0.4) is 0 Å². The van der Waals surface area contributed by atoms with Crippen LogP contribution >= 0.6 is 11.6 Å². The van der Waals surface area contributed by atoms with Gasteiger partial charge in [0, 0.05) is 31.3 Å². The van der Waals surface area contributed by atoms with Gasteiger partial charge in [0.1, 0.15) is 10.9 Å². The van der Waals surface area contributed by atoms with E-state index in [0.29, 0.717) is 19.0 Å². The van der Waals surface area contributed by atoms with Crippen molar-refractivity contribution in [3.8, 4) is 0 Å². The topological polar surface area (TPSA) is 55.9 Å². The van der Waals surface area contributed by atoms with E-state index in [1.54, 1.807) is 0 Å². The normalized spacial score (nSPS) is 11.5. The summed E-state index contributed by atoms with van der Waals surface area (Å²) in [7, 11) is 0. The van der Waals surface area contributed by atoms with Gasteiger partial charge in [0.05, 0.1) is 11.4 Å². The molecule has 0 aliphatic carbocycles. The Morgan fingerprint density at radius 3 is 2.70 bits per heavy atom. The zero-order valence-electron chi connectivity index (χ0n) is 12.4. The number of halogens is 1. The minimum absolute atomic E-state index is 0.519. The van der Waals surface area contributed by atoms with Gasteiger partial charge in [-0.2, -0.15) is 5.10 Å². The van der Waals surface area contributed by atoms with Crippen LogP contribution in [0.5, 0.6) is 0 Å². The molecule has 0 aliphatic rings. The molecule has 0 amide bonds. The molecule has 2 aromatic rings. The molecule has 0 spiro atoms. The van der Waals surface area contributed by atoms with Crippen molar-refractivity contribution in [3.05, 3.63) is 33.9 Å². The molecular weight excluding hydrogens is 276 g/mol. The number of hydrogen-bond acceptors (Lipinski definition) is 4. The summed E-state index contributed by atoms with van der Waals surface area (Å²) in [5, 5.41) is 12.5. The van der Waals surface area contributed by atoms with Crippen molar-refractivity contribution in [3.63, 3.8) is 0 Å². The predicted octanol–water partition coefficient (Wildman–Crippen LogP) is 3.09. The maximum Gasteiger partial charge on any atom is 0.133 e. The van der Waals surface area contributed by atoms with Gasteiger partial charge in [0.2, 0.25) is 0 Å². The summed E-state index contributed by atoms with van der Waals surface area (Å²) in [5.41, 5.74) is 2.91. The first-order valence-corrected chi connectivity index (χ1v) is 7.20. The lowest BCUT2D eigenvalue weighted by Gasteiger charge is -2.06. The first kappa shape index (κ1) is 15.1. The number of nitrogens with zero attached hydrogens (tertiary/aromatic N) is 3. The average Bonchev–Trinajstić information content (AvgIpc) is 2.87. The van der Waals surface area contributed by atoms with E-state index in [2.05, 4.69) is 29.4 Å². The average molecular weight is 297 g/mol. The Hall–Kier alpha value is -1.33. The fourth-order valence-corrected chi connectivity index (χ4v) is 2.39. The smallest absolute Gasteiger partial charge is 0.133 e. The Bertz CT molecular complexity index is 574. The molecule has 1 N–H and O–H groups in total. The van der Waals surface area contributed by atoms with E-state index in [1.165, 1.54) is 0 Å². The number of rotatable bonds is 6. The first-order chi connectivity index (χ1) is 9.47. The van der Waals surface area contributed by atoms with E-state index >= 15 is 0 Å². The third kappa shape index (κ3) is 3.61. The summed E-state index contributed by atoms with van der Waals surface area (Å²) in [4.78, 5) is 0. The Balaban J connectivity index is 1.97. The largest absolute Gasteiger partial charge is 0.361 e. The lowest BCUT2D eigenvalue weighted by atomic mass is 10.2. The van der Waals surface area contributed by atoms with Gasteiger partial charge in [-0.1, -0.05) is 30.6 Å². The van der Waals surface area contributed by atoms with Crippen molar-refractivity contribution < 1.29 is 4.52 Å². The second-order valence-corrected chi connectivity index (χ2v) is 5.82. The van der Waals surface area contributed by atoms with Gasteiger partial charge < -0.3 is 9.84 Å². The van der Waals surface area contributed by atoms with Crippen LogP contribution in [0.1, 0.15) is 36.6 Å². The third-order valence-electron chi connectivity index (χ3n) is 3.01. The lowest BCUT2D eigenvalue weighted by molar-refractivity contribution is 0.388.